The number of carbonyl (C=O) groups is 1. The number of ketones is 1. The summed E-state index contributed by atoms with van der Waals surface area (Å²) in [5.74, 6) is 0.239. The second kappa shape index (κ2) is 6.36. The van der Waals surface area contributed by atoms with Gasteiger partial charge in [0.05, 0.1) is 0 Å². The summed E-state index contributed by atoms with van der Waals surface area (Å²) in [6, 6.07) is 8.22. The Hall–Kier alpha value is -0.840. The molecule has 1 N–H and O–H groups in total. The molecule has 0 radical (unpaired) electrons. The van der Waals surface area contributed by atoms with Crippen LogP contribution in [0, 0.1) is 0 Å². The number of hydrogen-bond acceptors (Lipinski definition) is 4. The van der Waals surface area contributed by atoms with Crippen molar-refractivity contribution in [1.29, 1.82) is 0 Å². The highest BCUT2D eigenvalue weighted by atomic mass is 32.2. The van der Waals surface area contributed by atoms with E-state index in [9.17, 15) is 4.79 Å². The molecule has 1 aromatic carbocycles. The summed E-state index contributed by atoms with van der Waals surface area (Å²) in [4.78, 5) is 15.7. The van der Waals surface area contributed by atoms with Crippen LogP contribution in [0.25, 0.3) is 0 Å². The van der Waals surface area contributed by atoms with Gasteiger partial charge in [-0.2, -0.15) is 0 Å². The summed E-state index contributed by atoms with van der Waals surface area (Å²) < 4.78 is 0. The van der Waals surface area contributed by atoms with Gasteiger partial charge in [0.1, 0.15) is 0 Å². The van der Waals surface area contributed by atoms with Crippen LogP contribution in [0.2, 0.25) is 0 Å². The number of carbonyl (C=O) groups excluding carboxylic acids is 1. The first-order valence-electron chi connectivity index (χ1n) is 6.29. The van der Waals surface area contributed by atoms with Gasteiger partial charge >= 0.3 is 0 Å². The highest BCUT2D eigenvalue weighted by Crippen LogP contribution is 2.17. The van der Waals surface area contributed by atoms with E-state index in [2.05, 4.69) is 17.3 Å². The van der Waals surface area contributed by atoms with E-state index in [1.165, 1.54) is 4.90 Å². The van der Waals surface area contributed by atoms with Gasteiger partial charge in [0.25, 0.3) is 0 Å². The van der Waals surface area contributed by atoms with E-state index in [4.69, 9.17) is 0 Å². The lowest BCUT2D eigenvalue weighted by Gasteiger charge is -2.32. The van der Waals surface area contributed by atoms with Crippen molar-refractivity contribution < 1.29 is 4.79 Å². The number of benzene rings is 1. The number of nitrogens with zero attached hydrogens (tertiary/aromatic N) is 1. The van der Waals surface area contributed by atoms with Gasteiger partial charge in [-0.25, -0.2) is 0 Å². The van der Waals surface area contributed by atoms with Crippen molar-refractivity contribution in [2.75, 3.05) is 32.9 Å². The van der Waals surface area contributed by atoms with Crippen LogP contribution in [0.5, 0.6) is 0 Å². The number of Topliss-reactive ketones (excluding diaryl/α,β-unsaturated/α-hetero) is 1. The van der Waals surface area contributed by atoms with Gasteiger partial charge in [-0.05, 0) is 25.4 Å². The van der Waals surface area contributed by atoms with Gasteiger partial charge in [0, 0.05) is 42.6 Å². The third kappa shape index (κ3) is 3.34. The van der Waals surface area contributed by atoms with Crippen LogP contribution in [0.3, 0.4) is 0 Å². The minimum atomic E-state index is 0.239. The minimum absolute atomic E-state index is 0.239. The third-order valence-corrected chi connectivity index (χ3v) is 4.22. The van der Waals surface area contributed by atoms with Crippen LogP contribution in [0.4, 0.5) is 0 Å². The Morgan fingerprint density at radius 2 is 2.17 bits per heavy atom. The van der Waals surface area contributed by atoms with Crippen molar-refractivity contribution in [3.8, 4) is 0 Å². The molecule has 1 saturated heterocycles. The Balaban J connectivity index is 1.97. The number of likely N-dealkylation sites (N-methyl/N-ethyl adjacent to an activating group) is 1. The maximum absolute atomic E-state index is 12.2. The summed E-state index contributed by atoms with van der Waals surface area (Å²) in [5, 5.41) is 3.34. The van der Waals surface area contributed by atoms with Gasteiger partial charge in [-0.1, -0.05) is 12.1 Å². The molecule has 98 valence electrons. The molecule has 0 spiro atoms. The van der Waals surface area contributed by atoms with Crippen molar-refractivity contribution in [2.45, 2.75) is 17.4 Å². The number of piperazine rings is 1. The van der Waals surface area contributed by atoms with E-state index in [-0.39, 0.29) is 5.78 Å². The minimum Gasteiger partial charge on any atom is -0.314 e. The Labute approximate surface area is 113 Å². The van der Waals surface area contributed by atoms with Crippen LogP contribution < -0.4 is 5.32 Å². The monoisotopic (exact) mass is 264 g/mol. The Kier molecular flexibility index (Phi) is 4.80. The standard InChI is InChI=1S/C14H20N2OS/c1-16-8-7-15-10-12(16)9-14(17)11-3-5-13(18-2)6-4-11/h3-6,12,15H,7-10H2,1-2H3. The molecule has 1 unspecified atom stereocenters. The van der Waals surface area contributed by atoms with Crippen LogP contribution in [0.15, 0.2) is 29.2 Å². The summed E-state index contributed by atoms with van der Waals surface area (Å²) in [6.07, 6.45) is 2.64. The molecule has 3 nitrogen and oxygen atoms in total. The topological polar surface area (TPSA) is 32.3 Å². The largest absolute Gasteiger partial charge is 0.314 e. The summed E-state index contributed by atoms with van der Waals surface area (Å²) in [7, 11) is 2.09. The van der Waals surface area contributed by atoms with Crippen LogP contribution in [-0.4, -0.2) is 49.7 Å². The zero-order chi connectivity index (χ0) is 13.0. The van der Waals surface area contributed by atoms with E-state index < -0.39 is 0 Å². The van der Waals surface area contributed by atoms with Crippen LogP contribution in [0.1, 0.15) is 16.8 Å². The highest BCUT2D eigenvalue weighted by Gasteiger charge is 2.21. The van der Waals surface area contributed by atoms with Crippen molar-refractivity contribution in [3.63, 3.8) is 0 Å². The third-order valence-electron chi connectivity index (χ3n) is 3.48. The number of hydrogen-bond donors (Lipinski definition) is 1. The van der Waals surface area contributed by atoms with E-state index in [0.717, 1.165) is 25.2 Å². The fourth-order valence-electron chi connectivity index (χ4n) is 2.20. The van der Waals surface area contributed by atoms with Crippen molar-refractivity contribution in [2.24, 2.45) is 0 Å². The fraction of sp³-hybridized carbons (Fsp3) is 0.500. The molecule has 0 aromatic heterocycles. The van der Waals surface area contributed by atoms with Crippen molar-refractivity contribution in [3.05, 3.63) is 29.8 Å². The quantitative estimate of drug-likeness (QED) is 0.665. The molecule has 2 rings (SSSR count). The van der Waals surface area contributed by atoms with E-state index in [1.807, 2.05) is 30.5 Å². The predicted octanol–water partition coefficient (Wildman–Crippen LogP) is 1.88. The van der Waals surface area contributed by atoms with Gasteiger partial charge < -0.3 is 10.2 Å². The zero-order valence-corrected chi connectivity index (χ0v) is 11.8. The molecule has 1 atom stereocenters. The van der Waals surface area contributed by atoms with Crippen molar-refractivity contribution in [1.82, 2.24) is 10.2 Å². The molecule has 0 bridgehead atoms. The smallest absolute Gasteiger partial charge is 0.164 e. The summed E-state index contributed by atoms with van der Waals surface area (Å²) in [5.41, 5.74) is 0.826. The van der Waals surface area contributed by atoms with Gasteiger partial charge in [0.2, 0.25) is 0 Å². The van der Waals surface area contributed by atoms with Gasteiger partial charge in [-0.15, -0.1) is 11.8 Å². The maximum Gasteiger partial charge on any atom is 0.164 e. The lowest BCUT2D eigenvalue weighted by atomic mass is 10.0. The Bertz CT molecular complexity index is 405. The van der Waals surface area contributed by atoms with Crippen LogP contribution in [-0.2, 0) is 0 Å². The second-order valence-corrected chi connectivity index (χ2v) is 5.57. The SMILES string of the molecule is CSc1ccc(C(=O)CC2CNCCN2C)cc1. The predicted molar refractivity (Wildman–Crippen MR) is 76.5 cm³/mol. The average molecular weight is 264 g/mol. The average Bonchev–Trinajstić information content (AvgIpc) is 2.41. The number of rotatable bonds is 4. The Morgan fingerprint density at radius 1 is 1.44 bits per heavy atom. The molecule has 1 aliphatic rings. The molecule has 0 amide bonds. The number of thioether (sulfide) groups is 1. The Morgan fingerprint density at radius 3 is 2.78 bits per heavy atom. The molecular formula is C14H20N2OS. The molecule has 0 saturated carbocycles. The lowest BCUT2D eigenvalue weighted by Crippen LogP contribution is -2.49. The van der Waals surface area contributed by atoms with Crippen molar-refractivity contribution >= 4 is 17.5 Å². The fourth-order valence-corrected chi connectivity index (χ4v) is 2.61. The normalized spacial score (nSPS) is 20.9. The summed E-state index contributed by atoms with van der Waals surface area (Å²) >= 11 is 1.70. The van der Waals surface area contributed by atoms with Crippen LogP contribution >= 0.6 is 11.8 Å². The molecule has 18 heavy (non-hydrogen) atoms. The highest BCUT2D eigenvalue weighted by molar-refractivity contribution is 7.98. The van der Waals surface area contributed by atoms with Gasteiger partial charge in [-0.3, -0.25) is 4.79 Å². The molecule has 1 heterocycles. The first-order valence-corrected chi connectivity index (χ1v) is 7.51. The van der Waals surface area contributed by atoms with E-state index in [0.29, 0.717) is 12.5 Å². The van der Waals surface area contributed by atoms with Gasteiger partial charge in [0.15, 0.2) is 5.78 Å². The molecule has 1 fully saturated rings. The molecule has 4 heteroatoms. The molecular weight excluding hydrogens is 244 g/mol. The first-order chi connectivity index (χ1) is 8.70. The second-order valence-electron chi connectivity index (χ2n) is 4.69. The summed E-state index contributed by atoms with van der Waals surface area (Å²) in [6.45, 7) is 2.94. The zero-order valence-electron chi connectivity index (χ0n) is 11.0. The van der Waals surface area contributed by atoms with E-state index in [1.54, 1.807) is 11.8 Å². The lowest BCUT2D eigenvalue weighted by molar-refractivity contribution is 0.0917. The molecule has 1 aliphatic heterocycles. The maximum atomic E-state index is 12.2. The van der Waals surface area contributed by atoms with E-state index >= 15 is 0 Å². The first kappa shape index (κ1) is 13.6. The molecule has 0 aliphatic carbocycles. The number of nitrogens with one attached hydrogen (secondary N) is 1. The molecule has 1 aromatic rings.